The Hall–Kier alpha value is -4.28. The van der Waals surface area contributed by atoms with Crippen LogP contribution in [0.4, 0.5) is 18.9 Å². The molecule has 1 aliphatic heterocycles. The maximum absolute atomic E-state index is 14.3. The molecule has 2 heterocycles. The van der Waals surface area contributed by atoms with Crippen LogP contribution in [0.3, 0.4) is 0 Å². The van der Waals surface area contributed by atoms with Crippen LogP contribution in [0.2, 0.25) is 0 Å². The van der Waals surface area contributed by atoms with E-state index in [1.54, 1.807) is 22.9 Å². The average Bonchev–Trinajstić information content (AvgIpc) is 3.25. The number of nitrogens with zero attached hydrogens (tertiary/aromatic N) is 2. The first-order valence-corrected chi connectivity index (χ1v) is 11.7. The summed E-state index contributed by atoms with van der Waals surface area (Å²) in [5, 5.41) is 0. The van der Waals surface area contributed by atoms with E-state index in [9.17, 15) is 27.6 Å². The monoisotopic (exact) mass is 531 g/mol. The van der Waals surface area contributed by atoms with Crippen LogP contribution in [0.1, 0.15) is 40.7 Å². The Balaban J connectivity index is 0.000000260. The molecule has 1 aliphatic rings. The normalized spacial score (nSPS) is 14.8. The van der Waals surface area contributed by atoms with Gasteiger partial charge in [0.2, 0.25) is 11.8 Å². The van der Waals surface area contributed by atoms with E-state index < -0.39 is 18.3 Å². The molecule has 0 saturated carbocycles. The number of hydrogen-bond donors (Lipinski definition) is 1. The van der Waals surface area contributed by atoms with Crippen molar-refractivity contribution in [3.8, 4) is 11.5 Å². The molecule has 2 aromatic carbocycles. The first-order valence-electron chi connectivity index (χ1n) is 11.7. The zero-order chi connectivity index (χ0) is 28.0. The van der Waals surface area contributed by atoms with Gasteiger partial charge in [-0.3, -0.25) is 14.4 Å². The van der Waals surface area contributed by atoms with Gasteiger partial charge in [0, 0.05) is 43.3 Å². The van der Waals surface area contributed by atoms with Gasteiger partial charge in [-0.05, 0) is 61.4 Å². The van der Waals surface area contributed by atoms with E-state index in [1.807, 2.05) is 19.9 Å². The van der Waals surface area contributed by atoms with Gasteiger partial charge >= 0.3 is 6.61 Å². The number of halogens is 3. The lowest BCUT2D eigenvalue weighted by Crippen LogP contribution is -2.34. The molecule has 0 spiro atoms. The minimum Gasteiger partial charge on any atom is -0.497 e. The molecular weight excluding hydrogens is 503 g/mol. The maximum Gasteiger partial charge on any atom is 0.387 e. The van der Waals surface area contributed by atoms with Gasteiger partial charge in [-0.2, -0.15) is 8.78 Å². The van der Waals surface area contributed by atoms with Gasteiger partial charge in [-0.15, -0.1) is 0 Å². The second-order valence-electron chi connectivity index (χ2n) is 8.50. The summed E-state index contributed by atoms with van der Waals surface area (Å²) in [6, 6.07) is 11.6. The number of carbonyl (C=O) groups is 2. The third-order valence-electron chi connectivity index (χ3n) is 6.09. The highest BCUT2D eigenvalue weighted by Crippen LogP contribution is 2.34. The van der Waals surface area contributed by atoms with E-state index in [0.29, 0.717) is 30.1 Å². The molecule has 1 atom stereocenters. The van der Waals surface area contributed by atoms with E-state index in [2.05, 4.69) is 4.74 Å². The maximum atomic E-state index is 14.3. The third kappa shape index (κ3) is 6.53. The van der Waals surface area contributed by atoms with Crippen LogP contribution in [-0.2, 0) is 11.3 Å². The molecule has 0 aliphatic carbocycles. The summed E-state index contributed by atoms with van der Waals surface area (Å²) in [6.07, 6.45) is 1.91. The topological polar surface area (TPSA) is 104 Å². The fourth-order valence-electron chi connectivity index (χ4n) is 4.13. The fourth-order valence-corrected chi connectivity index (χ4v) is 4.13. The molecule has 202 valence electrons. The number of primary amides is 1. The highest BCUT2D eigenvalue weighted by Gasteiger charge is 2.35. The predicted octanol–water partition coefficient (Wildman–Crippen LogP) is 4.23. The number of benzene rings is 2. The van der Waals surface area contributed by atoms with Crippen molar-refractivity contribution in [2.24, 2.45) is 5.73 Å². The van der Waals surface area contributed by atoms with Gasteiger partial charge in [-0.1, -0.05) is 6.07 Å². The van der Waals surface area contributed by atoms with Crippen LogP contribution in [0.5, 0.6) is 11.5 Å². The van der Waals surface area contributed by atoms with Crippen molar-refractivity contribution in [3.05, 3.63) is 87.6 Å². The average molecular weight is 532 g/mol. The lowest BCUT2D eigenvalue weighted by atomic mass is 9.97. The van der Waals surface area contributed by atoms with Crippen LogP contribution in [0.25, 0.3) is 0 Å². The number of alkyl halides is 2. The van der Waals surface area contributed by atoms with Crippen molar-refractivity contribution in [1.82, 2.24) is 4.57 Å². The molecule has 4 rings (SSSR count). The molecule has 2 N–H and O–H groups in total. The Morgan fingerprint density at radius 3 is 2.32 bits per heavy atom. The summed E-state index contributed by atoms with van der Waals surface area (Å²) < 4.78 is 48.3. The molecule has 1 unspecified atom stereocenters. The summed E-state index contributed by atoms with van der Waals surface area (Å²) in [5.41, 5.74) is 6.62. The summed E-state index contributed by atoms with van der Waals surface area (Å²) in [4.78, 5) is 37.2. The Kier molecular flexibility index (Phi) is 9.16. The molecule has 2 amide bonds. The number of anilines is 1. The minimum absolute atomic E-state index is 0.000000000000000444. The molecule has 38 heavy (non-hydrogen) atoms. The lowest BCUT2D eigenvalue weighted by Gasteiger charge is -2.20. The molecule has 0 radical (unpaired) electrons. The van der Waals surface area contributed by atoms with Crippen LogP contribution in [-0.4, -0.2) is 36.6 Å². The fraction of sp³-hybridized carbons (Fsp3) is 0.296. The van der Waals surface area contributed by atoms with Crippen LogP contribution in [0.15, 0.2) is 59.5 Å². The number of nitrogens with two attached hydrogens (primary N) is 1. The number of methoxy groups -OCH3 is 1. The summed E-state index contributed by atoms with van der Waals surface area (Å²) in [6.45, 7) is 1.66. The molecule has 11 heteroatoms. The highest BCUT2D eigenvalue weighted by molar-refractivity contribution is 5.97. The molecule has 8 nitrogen and oxygen atoms in total. The van der Waals surface area contributed by atoms with Gasteiger partial charge in [0.1, 0.15) is 23.0 Å². The number of rotatable bonds is 7. The van der Waals surface area contributed by atoms with Crippen molar-refractivity contribution in [1.29, 1.82) is 0 Å². The second kappa shape index (κ2) is 12.3. The van der Waals surface area contributed by atoms with Gasteiger partial charge in [0.25, 0.3) is 5.56 Å². The van der Waals surface area contributed by atoms with E-state index >= 15 is 0 Å². The lowest BCUT2D eigenvalue weighted by molar-refractivity contribution is -0.117. The van der Waals surface area contributed by atoms with Crippen molar-refractivity contribution >= 4 is 17.5 Å². The number of amides is 2. The molecule has 1 fully saturated rings. The number of pyridine rings is 1. The highest BCUT2D eigenvalue weighted by atomic mass is 19.3. The van der Waals surface area contributed by atoms with Gasteiger partial charge in [0.05, 0.1) is 7.11 Å². The largest absolute Gasteiger partial charge is 0.497 e. The molecule has 3 aromatic rings. The van der Waals surface area contributed by atoms with Crippen LogP contribution in [0, 0.1) is 12.7 Å². The van der Waals surface area contributed by atoms with Crippen molar-refractivity contribution < 1.29 is 32.2 Å². The number of carbonyl (C=O) groups excluding carboxylic acids is 2. The SMILES string of the molecule is CCn1ccc(C)c(N2CC(c3ccc(OC)cc3F)CC2=O)c1=O.NC(=O)c1ccc(OC(F)F)cc1. The van der Waals surface area contributed by atoms with Crippen molar-refractivity contribution in [3.63, 3.8) is 0 Å². The van der Waals surface area contributed by atoms with Gasteiger partial charge < -0.3 is 24.7 Å². The quantitative estimate of drug-likeness (QED) is 0.492. The zero-order valence-corrected chi connectivity index (χ0v) is 21.1. The molecule has 0 bridgehead atoms. The number of ether oxygens (including phenoxy) is 2. The number of aromatic nitrogens is 1. The number of hydrogen-bond acceptors (Lipinski definition) is 5. The molecule has 1 aromatic heterocycles. The Morgan fingerprint density at radius 2 is 1.76 bits per heavy atom. The smallest absolute Gasteiger partial charge is 0.387 e. The van der Waals surface area contributed by atoms with E-state index in [0.717, 1.165) is 5.56 Å². The first-order chi connectivity index (χ1) is 18.0. The first kappa shape index (κ1) is 28.3. The zero-order valence-electron chi connectivity index (χ0n) is 21.1. The Bertz CT molecular complexity index is 1360. The summed E-state index contributed by atoms with van der Waals surface area (Å²) in [5.74, 6) is -1.01. The second-order valence-corrected chi connectivity index (χ2v) is 8.50. The molecule has 1 saturated heterocycles. The van der Waals surface area contributed by atoms with E-state index in [1.165, 1.54) is 42.3 Å². The summed E-state index contributed by atoms with van der Waals surface area (Å²) >= 11 is 0. The minimum atomic E-state index is -2.86. The van der Waals surface area contributed by atoms with Gasteiger partial charge in [-0.25, -0.2) is 4.39 Å². The standard InChI is InChI=1S/C19H21FN2O3.C8H7F2NO2/c1-4-21-8-7-12(2)18(19(21)24)22-11-13(9-17(22)23)15-6-5-14(25-3)10-16(15)20;9-8(10)13-6-3-1-5(2-4-6)7(11)12/h5-8,10,13H,4,9,11H2,1-3H3;1-4,8H,(H2,11,12). The molecular formula is C27H28F3N3O5. The number of aryl methyl sites for hydroxylation is 2. The summed E-state index contributed by atoms with van der Waals surface area (Å²) in [7, 11) is 1.48. The van der Waals surface area contributed by atoms with Crippen molar-refractivity contribution in [2.45, 2.75) is 39.3 Å². The van der Waals surface area contributed by atoms with Crippen molar-refractivity contribution in [2.75, 3.05) is 18.6 Å². The Labute approximate surface area is 217 Å². The van der Waals surface area contributed by atoms with E-state index in [4.69, 9.17) is 10.5 Å². The predicted molar refractivity (Wildman–Crippen MR) is 135 cm³/mol. The van der Waals surface area contributed by atoms with Gasteiger partial charge in [0.15, 0.2) is 0 Å². The van der Waals surface area contributed by atoms with Crippen LogP contribution >= 0.6 is 0 Å². The third-order valence-corrected chi connectivity index (χ3v) is 6.09. The Morgan fingerprint density at radius 1 is 1.11 bits per heavy atom. The van der Waals surface area contributed by atoms with E-state index in [-0.39, 0.29) is 35.1 Å². The van der Waals surface area contributed by atoms with Crippen LogP contribution < -0.4 is 25.7 Å².